The first-order valence-corrected chi connectivity index (χ1v) is 30.9. The number of phosphoric ester groups is 1. The van der Waals surface area contributed by atoms with E-state index in [0.29, 0.717) is 17.4 Å². The molecule has 0 heterocycles. The number of amides is 1. The molecule has 410 valence electrons. The highest BCUT2D eigenvalue weighted by molar-refractivity contribution is 7.45. The number of esters is 1. The smallest absolute Gasteiger partial charge is 0.306 e. The number of quaternary nitrogens is 1. The third kappa shape index (κ3) is 50.9. The van der Waals surface area contributed by atoms with Crippen molar-refractivity contribution in [2.75, 3.05) is 40.9 Å². The Morgan fingerprint density at radius 1 is 0.500 bits per heavy atom. The van der Waals surface area contributed by atoms with E-state index in [0.717, 1.165) is 89.9 Å². The van der Waals surface area contributed by atoms with Crippen LogP contribution in [0.25, 0.3) is 0 Å². The molecule has 0 aliphatic carbocycles. The van der Waals surface area contributed by atoms with Gasteiger partial charge in [0.25, 0.3) is 7.82 Å². The van der Waals surface area contributed by atoms with Gasteiger partial charge in [-0.15, -0.1) is 0 Å². The third-order valence-corrected chi connectivity index (χ3v) is 13.9. The maximum Gasteiger partial charge on any atom is 0.306 e. The number of carbonyl (C=O) groups is 2. The van der Waals surface area contributed by atoms with Crippen molar-refractivity contribution < 1.29 is 37.3 Å². The maximum atomic E-state index is 13.5. The van der Waals surface area contributed by atoms with Crippen molar-refractivity contribution in [3.8, 4) is 0 Å². The van der Waals surface area contributed by atoms with E-state index in [-0.39, 0.29) is 24.9 Å². The maximum absolute atomic E-state index is 13.5. The molecule has 0 saturated carbocycles. The number of allylic oxidation sites excluding steroid dienone is 7. The number of hydrogen-bond donors (Lipinski definition) is 1. The van der Waals surface area contributed by atoms with Gasteiger partial charge in [-0.05, 0) is 89.5 Å². The average molecular weight is 1010 g/mol. The van der Waals surface area contributed by atoms with Gasteiger partial charge in [-0.25, -0.2) is 0 Å². The molecular weight excluding hydrogens is 892 g/mol. The minimum atomic E-state index is -4.70. The van der Waals surface area contributed by atoms with Crippen molar-refractivity contribution in [3.05, 3.63) is 48.6 Å². The van der Waals surface area contributed by atoms with Crippen LogP contribution < -0.4 is 10.2 Å². The molecule has 0 fully saturated rings. The van der Waals surface area contributed by atoms with Gasteiger partial charge in [-0.1, -0.05) is 217 Å². The monoisotopic (exact) mass is 1000 g/mol. The Labute approximate surface area is 433 Å². The highest BCUT2D eigenvalue weighted by atomic mass is 31.2. The van der Waals surface area contributed by atoms with Crippen LogP contribution >= 0.6 is 7.82 Å². The zero-order chi connectivity index (χ0) is 51.5. The average Bonchev–Trinajstić information content (AvgIpc) is 3.32. The SMILES string of the molecule is CCCCC/C=C\C/C=C\CCCCCCCCCC(=O)OC(/C=C/CCCCCCCCCCCC)C(COP(=O)([O-])OCC[N+](C)(C)C)NC(=O)CCCCCCCCC/C=C\CCCCCC. The second-order valence-corrected chi connectivity index (χ2v) is 22.6. The fourth-order valence-corrected chi connectivity index (χ4v) is 9.09. The molecule has 0 spiro atoms. The topological polar surface area (TPSA) is 114 Å². The molecule has 3 atom stereocenters. The molecule has 0 aromatic carbocycles. The van der Waals surface area contributed by atoms with Crippen molar-refractivity contribution in [2.45, 2.75) is 283 Å². The summed E-state index contributed by atoms with van der Waals surface area (Å²) < 4.78 is 30.2. The zero-order valence-corrected chi connectivity index (χ0v) is 47.6. The summed E-state index contributed by atoms with van der Waals surface area (Å²) in [4.78, 5) is 39.9. The highest BCUT2D eigenvalue weighted by Gasteiger charge is 2.27. The van der Waals surface area contributed by atoms with E-state index in [1.54, 1.807) is 0 Å². The Morgan fingerprint density at radius 3 is 1.34 bits per heavy atom. The van der Waals surface area contributed by atoms with Gasteiger partial charge >= 0.3 is 5.97 Å². The number of phosphoric acid groups is 1. The normalized spacial score (nSPS) is 14.1. The second kappa shape index (κ2) is 50.5. The fourth-order valence-electron chi connectivity index (χ4n) is 8.37. The molecule has 0 bridgehead atoms. The lowest BCUT2D eigenvalue weighted by Gasteiger charge is -2.30. The number of rotatable bonds is 53. The molecule has 0 saturated heterocycles. The van der Waals surface area contributed by atoms with Crippen LogP contribution in [-0.2, 0) is 27.9 Å². The van der Waals surface area contributed by atoms with E-state index in [4.69, 9.17) is 13.8 Å². The standard InChI is InChI=1S/C60H113N2O7P/c1-7-10-13-16-19-22-25-28-30-31-33-35-38-41-44-47-50-53-60(64)69-58(51-48-45-42-39-36-27-24-21-18-15-12-9-3)57(56-68-70(65,66)67-55-54-62(4,5)6)61-59(63)52-49-46-43-40-37-34-32-29-26-23-20-17-14-11-8-2/h19,22-23,26,28,30,48,51,57-58H,7-18,20-21,24-25,27,29,31-47,49-50,52-56H2,1-6H3,(H-,61,63,65,66)/b22-19-,26-23-,30-28-,51-48+. The lowest BCUT2D eigenvalue weighted by molar-refractivity contribution is -0.870. The van der Waals surface area contributed by atoms with E-state index in [1.165, 1.54) is 148 Å². The van der Waals surface area contributed by atoms with Gasteiger partial charge in [-0.2, -0.15) is 0 Å². The molecule has 0 aliphatic rings. The van der Waals surface area contributed by atoms with E-state index in [2.05, 4.69) is 62.5 Å². The van der Waals surface area contributed by atoms with Crippen molar-refractivity contribution in [3.63, 3.8) is 0 Å². The van der Waals surface area contributed by atoms with Gasteiger partial charge < -0.3 is 28.5 Å². The molecule has 0 radical (unpaired) electrons. The molecule has 70 heavy (non-hydrogen) atoms. The lowest BCUT2D eigenvalue weighted by atomic mass is 10.0. The van der Waals surface area contributed by atoms with E-state index < -0.39 is 26.6 Å². The quantitative estimate of drug-likeness (QED) is 0.0212. The number of unbranched alkanes of at least 4 members (excludes halogenated alkanes) is 31. The largest absolute Gasteiger partial charge is 0.756 e. The molecule has 3 unspecified atom stereocenters. The summed E-state index contributed by atoms with van der Waals surface area (Å²) in [5, 5.41) is 3.02. The summed E-state index contributed by atoms with van der Waals surface area (Å²) in [6.07, 6.45) is 60.6. The van der Waals surface area contributed by atoms with Crippen LogP contribution in [0.4, 0.5) is 0 Å². The van der Waals surface area contributed by atoms with Gasteiger partial charge in [-0.3, -0.25) is 14.2 Å². The first-order valence-electron chi connectivity index (χ1n) is 29.4. The van der Waals surface area contributed by atoms with Crippen LogP contribution in [0.15, 0.2) is 48.6 Å². The van der Waals surface area contributed by atoms with Crippen LogP contribution in [0.2, 0.25) is 0 Å². The van der Waals surface area contributed by atoms with Crippen molar-refractivity contribution >= 4 is 19.7 Å². The summed E-state index contributed by atoms with van der Waals surface area (Å²) in [5.74, 6) is -0.550. The number of ether oxygens (including phenoxy) is 1. The minimum Gasteiger partial charge on any atom is -0.756 e. The first kappa shape index (κ1) is 68.0. The number of hydrogen-bond acceptors (Lipinski definition) is 7. The van der Waals surface area contributed by atoms with Gasteiger partial charge in [0.05, 0.1) is 33.8 Å². The molecule has 1 amide bonds. The minimum absolute atomic E-state index is 0.0244. The zero-order valence-electron chi connectivity index (χ0n) is 46.7. The Balaban J connectivity index is 5.34. The Bertz CT molecular complexity index is 1340. The van der Waals surface area contributed by atoms with E-state index in [1.807, 2.05) is 33.3 Å². The highest BCUT2D eigenvalue weighted by Crippen LogP contribution is 2.38. The summed E-state index contributed by atoms with van der Waals surface area (Å²) in [6, 6.07) is -0.892. The van der Waals surface area contributed by atoms with Crippen molar-refractivity contribution in [1.29, 1.82) is 0 Å². The number of nitrogens with one attached hydrogen (secondary N) is 1. The van der Waals surface area contributed by atoms with Crippen molar-refractivity contribution in [1.82, 2.24) is 5.32 Å². The Kier molecular flexibility index (Phi) is 49.0. The van der Waals surface area contributed by atoms with Gasteiger partial charge in [0.15, 0.2) is 0 Å². The number of likely N-dealkylation sites (N-methyl/N-ethyl adjacent to an activating group) is 1. The summed E-state index contributed by atoms with van der Waals surface area (Å²) in [6.45, 7) is 6.80. The lowest BCUT2D eigenvalue weighted by Crippen LogP contribution is -2.47. The molecule has 1 N–H and O–H groups in total. The molecule has 9 nitrogen and oxygen atoms in total. The molecule has 0 rings (SSSR count). The van der Waals surface area contributed by atoms with Crippen LogP contribution in [0.5, 0.6) is 0 Å². The van der Waals surface area contributed by atoms with Crippen LogP contribution in [0.1, 0.15) is 271 Å². The molecule has 10 heteroatoms. The second-order valence-electron chi connectivity index (χ2n) is 21.1. The molecule has 0 aliphatic heterocycles. The number of carbonyl (C=O) groups excluding carboxylic acids is 2. The predicted octanol–water partition coefficient (Wildman–Crippen LogP) is 17.1. The first-order chi connectivity index (χ1) is 33.9. The van der Waals surface area contributed by atoms with Gasteiger partial charge in [0.2, 0.25) is 5.91 Å². The molecule has 0 aromatic rings. The number of nitrogens with zero attached hydrogens (tertiary/aromatic N) is 1. The summed E-state index contributed by atoms with van der Waals surface area (Å²) in [7, 11) is 1.18. The van der Waals surface area contributed by atoms with Crippen molar-refractivity contribution in [2.24, 2.45) is 0 Å². The molecular formula is C60H113N2O7P. The summed E-state index contributed by atoms with van der Waals surface area (Å²) in [5.41, 5.74) is 0. The fraction of sp³-hybridized carbons (Fsp3) is 0.833. The van der Waals surface area contributed by atoms with Crippen LogP contribution in [0.3, 0.4) is 0 Å². The molecule has 0 aromatic heterocycles. The van der Waals surface area contributed by atoms with Gasteiger partial charge in [0.1, 0.15) is 19.3 Å². The predicted molar refractivity (Wildman–Crippen MR) is 298 cm³/mol. The summed E-state index contributed by atoms with van der Waals surface area (Å²) >= 11 is 0. The Morgan fingerprint density at radius 2 is 0.871 bits per heavy atom. The Hall–Kier alpha value is -2.03. The van der Waals surface area contributed by atoms with Crippen LogP contribution in [-0.4, -0.2) is 69.4 Å². The van der Waals surface area contributed by atoms with Crippen LogP contribution in [0, 0.1) is 0 Å². The third-order valence-electron chi connectivity index (χ3n) is 13.0. The van der Waals surface area contributed by atoms with E-state index >= 15 is 0 Å². The van der Waals surface area contributed by atoms with Gasteiger partial charge in [0, 0.05) is 12.8 Å². The van der Waals surface area contributed by atoms with E-state index in [9.17, 15) is 19.0 Å².